The zero-order chi connectivity index (χ0) is 23.8. The quantitative estimate of drug-likeness (QED) is 0.242. The van der Waals surface area contributed by atoms with Gasteiger partial charge in [0.05, 0.1) is 27.4 Å². The molecule has 1 amide bonds. The molecule has 4 rings (SSSR count). The topological polar surface area (TPSA) is 74.8 Å². The van der Waals surface area contributed by atoms with Gasteiger partial charge in [-0.05, 0) is 30.7 Å². The van der Waals surface area contributed by atoms with Crippen LogP contribution in [0.25, 0.3) is 21.3 Å². The second-order valence-corrected chi connectivity index (χ2v) is 9.55. The number of H-pyrrole nitrogens is 1. The van der Waals surface area contributed by atoms with Crippen molar-refractivity contribution in [1.82, 2.24) is 9.97 Å². The van der Waals surface area contributed by atoms with Crippen molar-refractivity contribution in [2.24, 2.45) is 0 Å². The van der Waals surface area contributed by atoms with Gasteiger partial charge >= 0.3 is 6.18 Å². The van der Waals surface area contributed by atoms with Crippen LogP contribution in [0.3, 0.4) is 0 Å². The van der Waals surface area contributed by atoms with Crippen LogP contribution in [0.1, 0.15) is 10.4 Å². The molecule has 0 saturated carbocycles. The minimum atomic E-state index is -4.56. The van der Waals surface area contributed by atoms with Gasteiger partial charge in [0.2, 0.25) is 5.91 Å². The molecule has 11 heteroatoms. The van der Waals surface area contributed by atoms with Crippen molar-refractivity contribution in [1.29, 1.82) is 0 Å². The third kappa shape index (κ3) is 5.07. The van der Waals surface area contributed by atoms with E-state index < -0.39 is 17.6 Å². The number of halogens is 4. The third-order valence-corrected chi connectivity index (χ3v) is 6.89. The van der Waals surface area contributed by atoms with Crippen LogP contribution in [-0.4, -0.2) is 21.6 Å². The number of aromatic amines is 1. The first-order valence-electron chi connectivity index (χ1n) is 9.51. The number of fused-ring (bicyclic) bond motifs is 1. The minimum Gasteiger partial charge on any atom is -0.324 e. The summed E-state index contributed by atoms with van der Waals surface area (Å²) in [6.45, 7) is 1.91. The molecular weight excluding hydrogens is 495 g/mol. The monoisotopic (exact) mass is 509 g/mol. The molecule has 0 aliphatic carbocycles. The van der Waals surface area contributed by atoms with Crippen LogP contribution in [0.5, 0.6) is 0 Å². The Morgan fingerprint density at radius 2 is 1.94 bits per heavy atom. The SMILES string of the molecule is Cc1sc2nc(SCC(=O)Nc3cc(C(F)(F)F)ccc3Cl)[nH]c(=O)c2c1-c1ccccc1. The molecule has 0 spiro atoms. The molecule has 0 aliphatic heterocycles. The van der Waals surface area contributed by atoms with Gasteiger partial charge < -0.3 is 10.3 Å². The Morgan fingerprint density at radius 1 is 1.21 bits per heavy atom. The zero-order valence-electron chi connectivity index (χ0n) is 16.9. The number of hydrogen-bond acceptors (Lipinski definition) is 5. The largest absolute Gasteiger partial charge is 0.416 e. The Morgan fingerprint density at radius 3 is 2.64 bits per heavy atom. The maximum absolute atomic E-state index is 12.9. The highest BCUT2D eigenvalue weighted by molar-refractivity contribution is 7.99. The molecule has 0 bridgehead atoms. The van der Waals surface area contributed by atoms with Gasteiger partial charge in [-0.2, -0.15) is 13.2 Å². The number of thioether (sulfide) groups is 1. The van der Waals surface area contributed by atoms with Gasteiger partial charge in [0.15, 0.2) is 5.16 Å². The van der Waals surface area contributed by atoms with E-state index >= 15 is 0 Å². The van der Waals surface area contributed by atoms with Crippen LogP contribution < -0.4 is 10.9 Å². The van der Waals surface area contributed by atoms with Gasteiger partial charge in [-0.25, -0.2) is 4.98 Å². The lowest BCUT2D eigenvalue weighted by atomic mass is 10.0. The standard InChI is InChI=1S/C22H15ClF3N3O2S2/c1-11-17(12-5-3-2-4-6-12)18-19(31)28-21(29-20(18)33-11)32-10-16(30)27-15-9-13(22(24,25)26)7-8-14(15)23/h2-9H,10H2,1H3,(H,27,30)(H,28,29,31). The summed E-state index contributed by atoms with van der Waals surface area (Å²) in [5, 5.41) is 3.07. The maximum atomic E-state index is 12.9. The summed E-state index contributed by atoms with van der Waals surface area (Å²) in [5.41, 5.74) is 0.333. The number of rotatable bonds is 5. The van der Waals surface area contributed by atoms with Crippen molar-refractivity contribution in [3.8, 4) is 11.1 Å². The van der Waals surface area contributed by atoms with Crippen LogP contribution >= 0.6 is 34.7 Å². The van der Waals surface area contributed by atoms with Crippen LogP contribution in [0.4, 0.5) is 18.9 Å². The number of benzene rings is 2. The summed E-state index contributed by atoms with van der Waals surface area (Å²) in [5.74, 6) is -0.770. The number of anilines is 1. The average Bonchev–Trinajstić information content (AvgIpc) is 3.10. The van der Waals surface area contributed by atoms with E-state index in [9.17, 15) is 22.8 Å². The van der Waals surface area contributed by atoms with Crippen molar-refractivity contribution in [2.75, 3.05) is 11.1 Å². The molecule has 0 radical (unpaired) electrons. The second kappa shape index (κ2) is 9.20. The average molecular weight is 510 g/mol. The first-order valence-corrected chi connectivity index (χ1v) is 11.7. The Labute approximate surface area is 199 Å². The fraction of sp³-hybridized carbons (Fsp3) is 0.136. The van der Waals surface area contributed by atoms with Gasteiger partial charge in [-0.1, -0.05) is 53.7 Å². The molecule has 2 aromatic heterocycles. The molecule has 0 aliphatic rings. The number of nitrogens with one attached hydrogen (secondary N) is 2. The summed E-state index contributed by atoms with van der Waals surface area (Å²) < 4.78 is 38.7. The van der Waals surface area contributed by atoms with Crippen LogP contribution in [0.15, 0.2) is 58.5 Å². The molecule has 2 N–H and O–H groups in total. The lowest BCUT2D eigenvalue weighted by Crippen LogP contribution is -2.16. The minimum absolute atomic E-state index is 0.0168. The molecule has 4 aromatic rings. The van der Waals surface area contributed by atoms with E-state index in [1.807, 2.05) is 37.3 Å². The molecule has 0 fully saturated rings. The number of carbonyl (C=O) groups is 1. The first kappa shape index (κ1) is 23.3. The van der Waals surface area contributed by atoms with E-state index in [1.165, 1.54) is 11.3 Å². The Balaban J connectivity index is 1.53. The Kier molecular flexibility index (Phi) is 6.51. The van der Waals surface area contributed by atoms with Crippen molar-refractivity contribution in [3.63, 3.8) is 0 Å². The molecule has 170 valence electrons. The van der Waals surface area contributed by atoms with Crippen LogP contribution in [-0.2, 0) is 11.0 Å². The number of aryl methyl sites for hydroxylation is 1. The van der Waals surface area contributed by atoms with Crippen molar-refractivity contribution in [2.45, 2.75) is 18.3 Å². The molecule has 0 saturated heterocycles. The maximum Gasteiger partial charge on any atom is 0.416 e. The van der Waals surface area contributed by atoms with Crippen molar-refractivity contribution in [3.05, 3.63) is 74.3 Å². The van der Waals surface area contributed by atoms with E-state index in [2.05, 4.69) is 15.3 Å². The Bertz CT molecular complexity index is 1400. The second-order valence-electron chi connectivity index (χ2n) is 6.98. The molecule has 2 heterocycles. The van der Waals surface area contributed by atoms with Gasteiger partial charge in [-0.15, -0.1) is 11.3 Å². The van der Waals surface area contributed by atoms with E-state index in [1.54, 1.807) is 0 Å². The number of amides is 1. The van der Waals surface area contributed by atoms with Gasteiger partial charge in [0.1, 0.15) is 4.83 Å². The number of aromatic nitrogens is 2. The van der Waals surface area contributed by atoms with E-state index in [4.69, 9.17) is 11.6 Å². The smallest absolute Gasteiger partial charge is 0.324 e. The van der Waals surface area contributed by atoms with E-state index in [0.29, 0.717) is 10.2 Å². The summed E-state index contributed by atoms with van der Waals surface area (Å²) in [6, 6.07) is 12.2. The van der Waals surface area contributed by atoms with E-state index in [-0.39, 0.29) is 27.2 Å². The molecule has 0 atom stereocenters. The predicted molar refractivity (Wildman–Crippen MR) is 126 cm³/mol. The Hall–Kier alpha value is -2.82. The van der Waals surface area contributed by atoms with Gasteiger partial charge in [-0.3, -0.25) is 9.59 Å². The van der Waals surface area contributed by atoms with Gasteiger partial charge in [0, 0.05) is 10.4 Å². The number of nitrogens with zero attached hydrogens (tertiary/aromatic N) is 1. The van der Waals surface area contributed by atoms with Crippen molar-refractivity contribution < 1.29 is 18.0 Å². The highest BCUT2D eigenvalue weighted by atomic mass is 35.5. The molecular formula is C22H15ClF3N3O2S2. The summed E-state index contributed by atoms with van der Waals surface area (Å²) in [6.07, 6.45) is -4.56. The predicted octanol–water partition coefficient (Wildman–Crippen LogP) is 6.36. The highest BCUT2D eigenvalue weighted by Crippen LogP contribution is 2.36. The number of alkyl halides is 3. The summed E-state index contributed by atoms with van der Waals surface area (Å²) in [7, 11) is 0. The third-order valence-electron chi connectivity index (χ3n) is 4.69. The molecule has 2 aromatic carbocycles. The zero-order valence-corrected chi connectivity index (χ0v) is 19.3. The molecule has 33 heavy (non-hydrogen) atoms. The van der Waals surface area contributed by atoms with Crippen molar-refractivity contribution >= 4 is 56.5 Å². The van der Waals surface area contributed by atoms with Crippen LogP contribution in [0, 0.1) is 6.92 Å². The lowest BCUT2D eigenvalue weighted by molar-refractivity contribution is -0.137. The number of carbonyl (C=O) groups excluding carboxylic acids is 1. The highest BCUT2D eigenvalue weighted by Gasteiger charge is 2.31. The number of thiophene rings is 1. The molecule has 0 unspecified atom stereocenters. The van der Waals surface area contributed by atoms with E-state index in [0.717, 1.165) is 46.0 Å². The first-order chi connectivity index (χ1) is 15.6. The van der Waals surface area contributed by atoms with Gasteiger partial charge in [0.25, 0.3) is 5.56 Å². The van der Waals surface area contributed by atoms with Crippen LogP contribution in [0.2, 0.25) is 5.02 Å². The fourth-order valence-corrected chi connectivity index (χ4v) is 5.17. The normalized spacial score (nSPS) is 11.7. The fourth-order valence-electron chi connectivity index (χ4n) is 3.24. The number of hydrogen-bond donors (Lipinski definition) is 2. The molecule has 5 nitrogen and oxygen atoms in total. The summed E-state index contributed by atoms with van der Waals surface area (Å²) in [4.78, 5) is 33.7. The summed E-state index contributed by atoms with van der Waals surface area (Å²) >= 11 is 8.26. The lowest BCUT2D eigenvalue weighted by Gasteiger charge is -2.11.